The third-order valence-corrected chi connectivity index (χ3v) is 2.63. The van der Waals surface area contributed by atoms with Crippen LogP contribution in [0.2, 0.25) is 5.02 Å². The highest BCUT2D eigenvalue weighted by Crippen LogP contribution is 2.21. The van der Waals surface area contributed by atoms with E-state index >= 15 is 0 Å². The molecule has 1 amide bonds. The van der Waals surface area contributed by atoms with Crippen molar-refractivity contribution < 1.29 is 13.6 Å². The molecule has 0 heterocycles. The van der Waals surface area contributed by atoms with E-state index in [-0.39, 0.29) is 5.56 Å². The van der Waals surface area contributed by atoms with Gasteiger partial charge >= 0.3 is 0 Å². The van der Waals surface area contributed by atoms with Gasteiger partial charge in [-0.25, -0.2) is 8.78 Å². The van der Waals surface area contributed by atoms with Crippen molar-refractivity contribution in [1.29, 1.82) is 0 Å². The SMILES string of the molecule is O=C(Nc1ccccc1Cl)c1ccc(F)cc1F. The maximum absolute atomic E-state index is 13.4. The Morgan fingerprint density at radius 2 is 1.83 bits per heavy atom. The summed E-state index contributed by atoms with van der Waals surface area (Å²) in [5, 5.41) is 2.79. The molecule has 0 spiro atoms. The Bertz CT molecular complexity index is 601. The van der Waals surface area contributed by atoms with Gasteiger partial charge in [0.25, 0.3) is 5.91 Å². The van der Waals surface area contributed by atoms with Crippen molar-refractivity contribution >= 4 is 23.2 Å². The number of nitrogens with one attached hydrogen (secondary N) is 1. The summed E-state index contributed by atoms with van der Waals surface area (Å²) < 4.78 is 26.1. The van der Waals surface area contributed by atoms with Gasteiger partial charge in [0.1, 0.15) is 11.6 Å². The van der Waals surface area contributed by atoms with Crippen LogP contribution in [0, 0.1) is 11.6 Å². The van der Waals surface area contributed by atoms with Crippen molar-refractivity contribution in [3.63, 3.8) is 0 Å². The molecule has 0 aliphatic carbocycles. The van der Waals surface area contributed by atoms with Gasteiger partial charge in [0.2, 0.25) is 0 Å². The van der Waals surface area contributed by atoms with Crippen molar-refractivity contribution in [2.24, 2.45) is 0 Å². The van der Waals surface area contributed by atoms with Gasteiger partial charge in [-0.3, -0.25) is 4.79 Å². The fraction of sp³-hybridized carbons (Fsp3) is 0. The molecular weight excluding hydrogens is 260 g/mol. The van der Waals surface area contributed by atoms with Crippen LogP contribution in [0.3, 0.4) is 0 Å². The zero-order chi connectivity index (χ0) is 13.1. The second-order valence-corrected chi connectivity index (χ2v) is 3.97. The standard InChI is InChI=1S/C13H8ClF2NO/c14-10-3-1-2-4-12(10)17-13(18)9-6-5-8(15)7-11(9)16/h1-7H,(H,17,18). The Kier molecular flexibility index (Phi) is 3.58. The normalized spacial score (nSPS) is 10.2. The number of anilines is 1. The van der Waals surface area contributed by atoms with E-state index in [0.717, 1.165) is 12.1 Å². The lowest BCUT2D eigenvalue weighted by atomic mass is 10.2. The van der Waals surface area contributed by atoms with Gasteiger partial charge in [-0.2, -0.15) is 0 Å². The number of benzene rings is 2. The first-order valence-electron chi connectivity index (χ1n) is 5.09. The summed E-state index contributed by atoms with van der Waals surface area (Å²) >= 11 is 5.85. The first-order chi connectivity index (χ1) is 8.58. The van der Waals surface area contributed by atoms with E-state index in [1.165, 1.54) is 0 Å². The van der Waals surface area contributed by atoms with E-state index in [2.05, 4.69) is 5.32 Å². The van der Waals surface area contributed by atoms with Crippen LogP contribution in [0.25, 0.3) is 0 Å². The summed E-state index contributed by atoms with van der Waals surface area (Å²) in [6.07, 6.45) is 0. The third-order valence-electron chi connectivity index (χ3n) is 2.30. The molecule has 0 unspecified atom stereocenters. The number of rotatable bonds is 2. The lowest BCUT2D eigenvalue weighted by Crippen LogP contribution is -2.14. The number of hydrogen-bond donors (Lipinski definition) is 1. The molecule has 0 bridgehead atoms. The Balaban J connectivity index is 2.25. The minimum Gasteiger partial charge on any atom is -0.321 e. The van der Waals surface area contributed by atoms with E-state index in [1.54, 1.807) is 24.3 Å². The fourth-order valence-corrected chi connectivity index (χ4v) is 1.61. The molecule has 2 aromatic carbocycles. The number of halogens is 3. The summed E-state index contributed by atoms with van der Waals surface area (Å²) in [5.74, 6) is -2.33. The van der Waals surface area contributed by atoms with Crippen LogP contribution in [-0.4, -0.2) is 5.91 Å². The Morgan fingerprint density at radius 3 is 2.50 bits per heavy atom. The van der Waals surface area contributed by atoms with Crippen LogP contribution >= 0.6 is 11.6 Å². The third kappa shape index (κ3) is 2.65. The monoisotopic (exact) mass is 267 g/mol. The largest absolute Gasteiger partial charge is 0.321 e. The van der Waals surface area contributed by atoms with Gasteiger partial charge in [0.15, 0.2) is 0 Å². The fourth-order valence-electron chi connectivity index (χ4n) is 1.43. The van der Waals surface area contributed by atoms with E-state index in [0.29, 0.717) is 16.8 Å². The maximum atomic E-state index is 13.4. The lowest BCUT2D eigenvalue weighted by Gasteiger charge is -2.07. The Labute approximate surface area is 107 Å². The molecule has 0 fully saturated rings. The van der Waals surface area contributed by atoms with Gasteiger partial charge in [-0.1, -0.05) is 23.7 Å². The molecule has 2 rings (SSSR count). The first-order valence-corrected chi connectivity index (χ1v) is 5.46. The maximum Gasteiger partial charge on any atom is 0.258 e. The molecule has 5 heteroatoms. The van der Waals surface area contributed by atoms with Gasteiger partial charge < -0.3 is 5.32 Å². The van der Waals surface area contributed by atoms with Crippen LogP contribution in [0.5, 0.6) is 0 Å². The summed E-state index contributed by atoms with van der Waals surface area (Å²) in [5.41, 5.74) is 0.129. The molecule has 1 N–H and O–H groups in total. The molecule has 0 saturated heterocycles. The summed E-state index contributed by atoms with van der Waals surface area (Å²) in [6.45, 7) is 0. The minimum absolute atomic E-state index is 0.240. The molecular formula is C13H8ClF2NO. The van der Waals surface area contributed by atoms with E-state index in [1.807, 2.05) is 0 Å². The van der Waals surface area contributed by atoms with Gasteiger partial charge in [-0.15, -0.1) is 0 Å². The molecule has 0 radical (unpaired) electrons. The zero-order valence-electron chi connectivity index (χ0n) is 9.08. The predicted octanol–water partition coefficient (Wildman–Crippen LogP) is 3.87. The molecule has 0 saturated carbocycles. The molecule has 0 aliphatic rings. The molecule has 0 atom stereocenters. The molecule has 2 nitrogen and oxygen atoms in total. The van der Waals surface area contributed by atoms with Gasteiger partial charge in [-0.05, 0) is 24.3 Å². The molecule has 2 aromatic rings. The van der Waals surface area contributed by atoms with Crippen molar-refractivity contribution in [1.82, 2.24) is 0 Å². The lowest BCUT2D eigenvalue weighted by molar-refractivity contribution is 0.102. The summed E-state index contributed by atoms with van der Waals surface area (Å²) in [6, 6.07) is 9.32. The smallest absolute Gasteiger partial charge is 0.258 e. The van der Waals surface area contributed by atoms with Crippen molar-refractivity contribution in [2.75, 3.05) is 5.32 Å². The zero-order valence-corrected chi connectivity index (χ0v) is 9.84. The van der Waals surface area contributed by atoms with Crippen LogP contribution in [0.1, 0.15) is 10.4 Å². The highest BCUT2D eigenvalue weighted by Gasteiger charge is 2.13. The number of para-hydroxylation sites is 1. The predicted molar refractivity (Wildman–Crippen MR) is 65.8 cm³/mol. The van der Waals surface area contributed by atoms with Crippen molar-refractivity contribution in [2.45, 2.75) is 0 Å². The van der Waals surface area contributed by atoms with Crippen LogP contribution in [-0.2, 0) is 0 Å². The second kappa shape index (κ2) is 5.14. The highest BCUT2D eigenvalue weighted by atomic mass is 35.5. The number of hydrogen-bond acceptors (Lipinski definition) is 1. The topological polar surface area (TPSA) is 29.1 Å². The molecule has 0 aromatic heterocycles. The molecule has 0 aliphatic heterocycles. The second-order valence-electron chi connectivity index (χ2n) is 3.56. The van der Waals surface area contributed by atoms with Crippen LogP contribution in [0.15, 0.2) is 42.5 Å². The van der Waals surface area contributed by atoms with Crippen molar-refractivity contribution in [3.8, 4) is 0 Å². The summed E-state index contributed by atoms with van der Waals surface area (Å²) in [7, 11) is 0. The average molecular weight is 268 g/mol. The van der Waals surface area contributed by atoms with Gasteiger partial charge in [0.05, 0.1) is 16.3 Å². The highest BCUT2D eigenvalue weighted by molar-refractivity contribution is 6.33. The van der Waals surface area contributed by atoms with Crippen LogP contribution in [0.4, 0.5) is 14.5 Å². The number of carbonyl (C=O) groups excluding carboxylic acids is 1. The summed E-state index contributed by atoms with van der Waals surface area (Å²) in [4.78, 5) is 11.8. The van der Waals surface area contributed by atoms with Gasteiger partial charge in [0, 0.05) is 6.07 Å². The Morgan fingerprint density at radius 1 is 1.11 bits per heavy atom. The first kappa shape index (κ1) is 12.5. The number of amides is 1. The quantitative estimate of drug-likeness (QED) is 0.879. The minimum atomic E-state index is -0.917. The van der Waals surface area contributed by atoms with Crippen LogP contribution < -0.4 is 5.32 Å². The average Bonchev–Trinajstić information content (AvgIpc) is 2.32. The molecule has 18 heavy (non-hydrogen) atoms. The molecule has 92 valence electrons. The van der Waals surface area contributed by atoms with Crippen molar-refractivity contribution in [3.05, 3.63) is 64.7 Å². The van der Waals surface area contributed by atoms with E-state index in [9.17, 15) is 13.6 Å². The Hall–Kier alpha value is -1.94. The number of carbonyl (C=O) groups is 1. The van der Waals surface area contributed by atoms with E-state index in [4.69, 9.17) is 11.6 Å². The van der Waals surface area contributed by atoms with E-state index < -0.39 is 17.5 Å².